The molecule has 0 aliphatic carbocycles. The molecule has 2 N–H and O–H groups in total. The highest BCUT2D eigenvalue weighted by atomic mass is 79.9. The van der Waals surface area contributed by atoms with Crippen LogP contribution >= 0.6 is 16.1 Å². The summed E-state index contributed by atoms with van der Waals surface area (Å²) >= 11 is 2.99. The summed E-state index contributed by atoms with van der Waals surface area (Å²) in [6, 6.07) is 8.58. The Morgan fingerprint density at radius 2 is 2.14 bits per heavy atom. The van der Waals surface area contributed by atoms with Gasteiger partial charge in [-0.2, -0.15) is 3.93 Å². The van der Waals surface area contributed by atoms with E-state index in [1.165, 1.54) is 0 Å². The fraction of sp³-hybridized carbons (Fsp3) is 0. The standard InChI is InChI=1S/C9H7BrN2O2/c10-12(9(11)13)8-5-6-3-1-2-4-7(6)14-8/h1-5H,(H2,11,13). The maximum atomic E-state index is 10.8. The normalized spacial score (nSPS) is 10.4. The third-order valence-electron chi connectivity index (χ3n) is 1.80. The number of anilines is 1. The number of rotatable bonds is 1. The number of nitrogens with zero attached hydrogens (tertiary/aromatic N) is 1. The third kappa shape index (κ3) is 1.46. The number of primary amides is 1. The minimum absolute atomic E-state index is 0.374. The number of nitrogens with two attached hydrogens (primary N) is 1. The number of para-hydroxylation sites is 1. The van der Waals surface area contributed by atoms with E-state index in [4.69, 9.17) is 10.2 Å². The molecule has 0 unspecified atom stereocenters. The number of hydrogen-bond acceptors (Lipinski definition) is 2. The second-order valence-corrected chi connectivity index (χ2v) is 3.45. The lowest BCUT2D eigenvalue weighted by atomic mass is 10.3. The summed E-state index contributed by atoms with van der Waals surface area (Å²) in [6.45, 7) is 0. The molecule has 0 aliphatic heterocycles. The van der Waals surface area contributed by atoms with Crippen molar-refractivity contribution in [1.29, 1.82) is 0 Å². The summed E-state index contributed by atoms with van der Waals surface area (Å²) in [5.41, 5.74) is 5.79. The van der Waals surface area contributed by atoms with Crippen LogP contribution in [0.1, 0.15) is 0 Å². The van der Waals surface area contributed by atoms with Crippen LogP contribution in [0.4, 0.5) is 10.7 Å². The Bertz CT molecular complexity index is 447. The number of carbonyl (C=O) groups is 1. The molecular weight excluding hydrogens is 248 g/mol. The number of hydrogen-bond donors (Lipinski definition) is 1. The zero-order valence-electron chi connectivity index (χ0n) is 7.11. The molecule has 2 amide bonds. The zero-order valence-corrected chi connectivity index (χ0v) is 8.69. The van der Waals surface area contributed by atoms with Gasteiger partial charge in [0.2, 0.25) is 5.88 Å². The van der Waals surface area contributed by atoms with Gasteiger partial charge < -0.3 is 10.2 Å². The van der Waals surface area contributed by atoms with E-state index < -0.39 is 6.03 Å². The number of fused-ring (bicyclic) bond motifs is 1. The molecule has 0 aliphatic rings. The third-order valence-corrected chi connectivity index (χ3v) is 2.50. The first-order valence-corrected chi connectivity index (χ1v) is 4.63. The fourth-order valence-corrected chi connectivity index (χ4v) is 1.35. The minimum Gasteiger partial charge on any atom is -0.439 e. The lowest BCUT2D eigenvalue weighted by molar-refractivity contribution is 0.257. The summed E-state index contributed by atoms with van der Waals surface area (Å²) < 4.78 is 6.45. The molecule has 0 radical (unpaired) electrons. The first kappa shape index (κ1) is 9.08. The Morgan fingerprint density at radius 1 is 1.43 bits per heavy atom. The molecule has 1 aromatic carbocycles. The molecule has 5 heteroatoms. The first-order chi connectivity index (χ1) is 6.68. The Morgan fingerprint density at radius 3 is 2.79 bits per heavy atom. The van der Waals surface area contributed by atoms with Gasteiger partial charge in [-0.05, 0) is 6.07 Å². The van der Waals surface area contributed by atoms with Gasteiger partial charge in [-0.3, -0.25) is 0 Å². The van der Waals surface area contributed by atoms with Gasteiger partial charge in [-0.15, -0.1) is 0 Å². The maximum absolute atomic E-state index is 10.8. The molecule has 14 heavy (non-hydrogen) atoms. The molecule has 0 fully saturated rings. The van der Waals surface area contributed by atoms with Crippen molar-refractivity contribution >= 4 is 39.0 Å². The van der Waals surface area contributed by atoms with E-state index in [1.54, 1.807) is 6.07 Å². The van der Waals surface area contributed by atoms with Gasteiger partial charge in [0.05, 0.1) is 16.1 Å². The predicted molar refractivity (Wildman–Crippen MR) is 57.2 cm³/mol. The van der Waals surface area contributed by atoms with Crippen LogP contribution in [0.3, 0.4) is 0 Å². The number of carbonyl (C=O) groups excluding carboxylic acids is 1. The molecule has 2 rings (SSSR count). The van der Waals surface area contributed by atoms with Crippen molar-refractivity contribution in [2.45, 2.75) is 0 Å². The molecule has 1 aromatic heterocycles. The highest BCUT2D eigenvalue weighted by Gasteiger charge is 2.13. The van der Waals surface area contributed by atoms with Crippen molar-refractivity contribution in [3.63, 3.8) is 0 Å². The van der Waals surface area contributed by atoms with Gasteiger partial charge in [-0.1, -0.05) is 18.2 Å². The van der Waals surface area contributed by atoms with Gasteiger partial charge in [0, 0.05) is 11.5 Å². The quantitative estimate of drug-likeness (QED) is 0.796. The topological polar surface area (TPSA) is 59.5 Å². The molecule has 2 aromatic rings. The summed E-state index contributed by atoms with van der Waals surface area (Å²) in [6.07, 6.45) is 0. The molecule has 72 valence electrons. The number of benzene rings is 1. The van der Waals surface area contributed by atoms with E-state index in [2.05, 4.69) is 16.1 Å². The smallest absolute Gasteiger partial charge is 0.332 e. The van der Waals surface area contributed by atoms with Crippen LogP contribution in [0.15, 0.2) is 34.7 Å². The Hall–Kier alpha value is -1.49. The van der Waals surface area contributed by atoms with Crippen LogP contribution < -0.4 is 9.66 Å². The van der Waals surface area contributed by atoms with Crippen LogP contribution in [0.25, 0.3) is 11.0 Å². The summed E-state index contributed by atoms with van der Waals surface area (Å²) in [4.78, 5) is 10.8. The number of furan rings is 1. The van der Waals surface area contributed by atoms with Gasteiger partial charge in [0.1, 0.15) is 5.58 Å². The Balaban J connectivity index is 2.50. The molecule has 1 heterocycles. The van der Waals surface area contributed by atoms with E-state index in [-0.39, 0.29) is 0 Å². The zero-order chi connectivity index (χ0) is 10.1. The second-order valence-electron chi connectivity index (χ2n) is 2.74. The Labute approximate surface area is 88.6 Å². The first-order valence-electron chi connectivity index (χ1n) is 3.92. The van der Waals surface area contributed by atoms with Crippen LogP contribution in [-0.2, 0) is 0 Å². The van der Waals surface area contributed by atoms with Crippen molar-refractivity contribution in [3.05, 3.63) is 30.3 Å². The monoisotopic (exact) mass is 254 g/mol. The van der Waals surface area contributed by atoms with E-state index in [0.29, 0.717) is 11.5 Å². The van der Waals surface area contributed by atoms with Crippen molar-refractivity contribution in [1.82, 2.24) is 0 Å². The second kappa shape index (κ2) is 3.34. The SMILES string of the molecule is NC(=O)N(Br)c1cc2ccccc2o1. The molecular formula is C9H7BrN2O2. The number of amides is 2. The predicted octanol–water partition coefficient (Wildman–Crippen LogP) is 2.63. The van der Waals surface area contributed by atoms with Crippen LogP contribution in [-0.4, -0.2) is 6.03 Å². The summed E-state index contributed by atoms with van der Waals surface area (Å²) in [5, 5.41) is 0.924. The van der Waals surface area contributed by atoms with Crippen LogP contribution in [0.5, 0.6) is 0 Å². The van der Waals surface area contributed by atoms with Gasteiger partial charge in [0.15, 0.2) is 0 Å². The van der Waals surface area contributed by atoms with E-state index in [0.717, 1.165) is 9.31 Å². The fourth-order valence-electron chi connectivity index (χ4n) is 1.17. The minimum atomic E-state index is -0.621. The van der Waals surface area contributed by atoms with Crippen molar-refractivity contribution in [2.24, 2.45) is 5.73 Å². The van der Waals surface area contributed by atoms with Crippen molar-refractivity contribution < 1.29 is 9.21 Å². The average Bonchev–Trinajstić information content (AvgIpc) is 2.59. The average molecular weight is 255 g/mol. The van der Waals surface area contributed by atoms with E-state index in [1.807, 2.05) is 24.3 Å². The largest absolute Gasteiger partial charge is 0.439 e. The number of urea groups is 1. The van der Waals surface area contributed by atoms with Gasteiger partial charge in [0.25, 0.3) is 0 Å². The highest BCUT2D eigenvalue weighted by Crippen LogP contribution is 2.27. The number of halogens is 1. The molecule has 0 saturated heterocycles. The maximum Gasteiger partial charge on any atom is 0.332 e. The van der Waals surface area contributed by atoms with Gasteiger partial charge >= 0.3 is 6.03 Å². The van der Waals surface area contributed by atoms with Crippen molar-refractivity contribution in [3.8, 4) is 0 Å². The summed E-state index contributed by atoms with van der Waals surface area (Å²) in [5.74, 6) is 0.374. The lowest BCUT2D eigenvalue weighted by Crippen LogP contribution is -2.25. The molecule has 0 bridgehead atoms. The Kier molecular flexibility index (Phi) is 2.17. The highest BCUT2D eigenvalue weighted by molar-refractivity contribution is 9.10. The molecule has 4 nitrogen and oxygen atoms in total. The van der Waals surface area contributed by atoms with Crippen LogP contribution in [0.2, 0.25) is 0 Å². The molecule has 0 saturated carbocycles. The molecule has 0 atom stereocenters. The van der Waals surface area contributed by atoms with E-state index in [9.17, 15) is 4.79 Å². The van der Waals surface area contributed by atoms with E-state index >= 15 is 0 Å². The lowest BCUT2D eigenvalue weighted by Gasteiger charge is -2.05. The summed E-state index contributed by atoms with van der Waals surface area (Å²) in [7, 11) is 0. The van der Waals surface area contributed by atoms with Crippen LogP contribution in [0, 0.1) is 0 Å². The molecule has 0 spiro atoms. The van der Waals surface area contributed by atoms with Gasteiger partial charge in [-0.25, -0.2) is 4.79 Å². The van der Waals surface area contributed by atoms with Crippen molar-refractivity contribution in [2.75, 3.05) is 3.93 Å².